The number of nitrogens with one attached hydrogen (secondary N) is 1. The second-order valence-corrected chi connectivity index (χ2v) is 2.85. The largest absolute Gasteiger partial charge is 0.377 e. The van der Waals surface area contributed by atoms with E-state index in [0.717, 1.165) is 6.54 Å². The molecule has 0 aliphatic rings. The van der Waals surface area contributed by atoms with Crippen LogP contribution < -0.4 is 5.32 Å². The van der Waals surface area contributed by atoms with Crippen LogP contribution in [0, 0.1) is 0 Å². The predicted molar refractivity (Wildman–Crippen MR) is 43.1 cm³/mol. The first kappa shape index (κ1) is 6.62. The van der Waals surface area contributed by atoms with E-state index in [1.165, 1.54) is 11.4 Å². The molecule has 1 N–H and O–H groups in total. The summed E-state index contributed by atoms with van der Waals surface area (Å²) in [7, 11) is 0. The second kappa shape index (κ2) is 3.51. The van der Waals surface area contributed by atoms with Crippen molar-refractivity contribution in [1.29, 1.82) is 0 Å². The average Bonchev–Trinajstić information content (AvgIpc) is 2.34. The van der Waals surface area contributed by atoms with Crippen LogP contribution in [-0.4, -0.2) is 6.54 Å². The molecule has 1 nitrogen and oxygen atoms in total. The molecule has 50 valence electrons. The van der Waals surface area contributed by atoms with Gasteiger partial charge in [0.15, 0.2) is 0 Å². The summed E-state index contributed by atoms with van der Waals surface area (Å²) in [5.41, 5.74) is 0. The number of anilines is 1. The SMILES string of the molecule is CCCNc1cccs1. The lowest BCUT2D eigenvalue weighted by Crippen LogP contribution is -1.96. The van der Waals surface area contributed by atoms with Gasteiger partial charge in [-0.25, -0.2) is 0 Å². The fourth-order valence-electron chi connectivity index (χ4n) is 0.627. The maximum absolute atomic E-state index is 3.29. The van der Waals surface area contributed by atoms with Gasteiger partial charge in [-0.2, -0.15) is 0 Å². The molecule has 1 rings (SSSR count). The van der Waals surface area contributed by atoms with Gasteiger partial charge in [-0.05, 0) is 23.9 Å². The standard InChI is InChI=1S/C7H11NS/c1-2-5-8-7-4-3-6-9-7/h3-4,6,8H,2,5H2,1H3. The molecule has 0 atom stereocenters. The van der Waals surface area contributed by atoms with Crippen molar-refractivity contribution < 1.29 is 0 Å². The predicted octanol–water partition coefficient (Wildman–Crippen LogP) is 2.57. The Morgan fingerprint density at radius 3 is 3.11 bits per heavy atom. The van der Waals surface area contributed by atoms with Crippen molar-refractivity contribution in [3.05, 3.63) is 17.5 Å². The van der Waals surface area contributed by atoms with Gasteiger partial charge < -0.3 is 5.32 Å². The Morgan fingerprint density at radius 1 is 1.67 bits per heavy atom. The summed E-state index contributed by atoms with van der Waals surface area (Å²) >= 11 is 1.75. The molecular weight excluding hydrogens is 130 g/mol. The Labute approximate surface area is 59.7 Å². The molecule has 0 aliphatic heterocycles. The number of thiophene rings is 1. The van der Waals surface area contributed by atoms with Gasteiger partial charge in [0.05, 0.1) is 5.00 Å². The van der Waals surface area contributed by atoms with Crippen LogP contribution in [0.25, 0.3) is 0 Å². The highest BCUT2D eigenvalue weighted by atomic mass is 32.1. The van der Waals surface area contributed by atoms with Crippen molar-refractivity contribution >= 4 is 16.3 Å². The molecule has 1 heterocycles. The normalized spacial score (nSPS) is 9.44. The van der Waals surface area contributed by atoms with Gasteiger partial charge >= 0.3 is 0 Å². The second-order valence-electron chi connectivity index (χ2n) is 1.90. The quantitative estimate of drug-likeness (QED) is 0.682. The molecule has 0 spiro atoms. The molecule has 0 saturated carbocycles. The molecule has 0 radical (unpaired) electrons. The van der Waals surface area contributed by atoms with Gasteiger partial charge in [0.2, 0.25) is 0 Å². The van der Waals surface area contributed by atoms with Crippen LogP contribution in [0.2, 0.25) is 0 Å². The Bertz CT molecular complexity index is 146. The molecule has 0 saturated heterocycles. The molecule has 0 unspecified atom stereocenters. The first-order valence-corrected chi connectivity index (χ1v) is 4.09. The highest BCUT2D eigenvalue weighted by Crippen LogP contribution is 2.14. The van der Waals surface area contributed by atoms with E-state index in [2.05, 4.69) is 29.8 Å². The van der Waals surface area contributed by atoms with E-state index < -0.39 is 0 Å². The molecule has 1 aromatic heterocycles. The molecule has 0 aromatic carbocycles. The van der Waals surface area contributed by atoms with Crippen LogP contribution in [0.5, 0.6) is 0 Å². The van der Waals surface area contributed by atoms with Crippen molar-refractivity contribution in [3.8, 4) is 0 Å². The fraction of sp³-hybridized carbons (Fsp3) is 0.429. The van der Waals surface area contributed by atoms with Gasteiger partial charge in [-0.1, -0.05) is 6.92 Å². The summed E-state index contributed by atoms with van der Waals surface area (Å²) in [5, 5.41) is 6.65. The van der Waals surface area contributed by atoms with Crippen molar-refractivity contribution in [2.24, 2.45) is 0 Å². The molecule has 9 heavy (non-hydrogen) atoms. The lowest BCUT2D eigenvalue weighted by Gasteiger charge is -1.97. The van der Waals surface area contributed by atoms with Gasteiger partial charge in [-0.3, -0.25) is 0 Å². The van der Waals surface area contributed by atoms with Crippen LogP contribution in [0.3, 0.4) is 0 Å². The Kier molecular flexibility index (Phi) is 2.58. The monoisotopic (exact) mass is 141 g/mol. The maximum atomic E-state index is 3.29. The van der Waals surface area contributed by atoms with Crippen molar-refractivity contribution in [1.82, 2.24) is 0 Å². The van der Waals surface area contributed by atoms with E-state index >= 15 is 0 Å². The minimum atomic E-state index is 1.08. The molecule has 0 bridgehead atoms. The summed E-state index contributed by atoms with van der Waals surface area (Å²) in [6.07, 6.45) is 1.19. The Hall–Kier alpha value is -0.500. The number of hydrogen-bond acceptors (Lipinski definition) is 2. The molecule has 2 heteroatoms. The van der Waals surface area contributed by atoms with Crippen molar-refractivity contribution in [2.45, 2.75) is 13.3 Å². The van der Waals surface area contributed by atoms with E-state index in [-0.39, 0.29) is 0 Å². The molecule has 0 fully saturated rings. The maximum Gasteiger partial charge on any atom is 0.0882 e. The number of hydrogen-bond donors (Lipinski definition) is 1. The smallest absolute Gasteiger partial charge is 0.0882 e. The van der Waals surface area contributed by atoms with E-state index in [1.807, 2.05) is 0 Å². The zero-order chi connectivity index (χ0) is 6.53. The van der Waals surface area contributed by atoms with Crippen molar-refractivity contribution in [3.63, 3.8) is 0 Å². The highest BCUT2D eigenvalue weighted by Gasteiger charge is 1.86. The Morgan fingerprint density at radius 2 is 2.56 bits per heavy atom. The number of rotatable bonds is 3. The summed E-state index contributed by atoms with van der Waals surface area (Å²) in [4.78, 5) is 0. The summed E-state index contributed by atoms with van der Waals surface area (Å²) in [6.45, 7) is 3.25. The van der Waals surface area contributed by atoms with Crippen LogP contribution in [0.15, 0.2) is 17.5 Å². The van der Waals surface area contributed by atoms with Gasteiger partial charge in [0.1, 0.15) is 0 Å². The minimum absolute atomic E-state index is 1.08. The fourth-order valence-corrected chi connectivity index (χ4v) is 1.27. The van der Waals surface area contributed by atoms with Crippen LogP contribution >= 0.6 is 11.3 Å². The van der Waals surface area contributed by atoms with Crippen LogP contribution in [0.4, 0.5) is 5.00 Å². The van der Waals surface area contributed by atoms with E-state index in [1.54, 1.807) is 11.3 Å². The van der Waals surface area contributed by atoms with Crippen molar-refractivity contribution in [2.75, 3.05) is 11.9 Å². The lowest BCUT2D eigenvalue weighted by atomic mass is 10.5. The highest BCUT2D eigenvalue weighted by molar-refractivity contribution is 7.14. The van der Waals surface area contributed by atoms with E-state index in [0.29, 0.717) is 0 Å². The molecule has 1 aromatic rings. The minimum Gasteiger partial charge on any atom is -0.377 e. The van der Waals surface area contributed by atoms with Crippen LogP contribution in [0.1, 0.15) is 13.3 Å². The first-order chi connectivity index (χ1) is 4.43. The van der Waals surface area contributed by atoms with E-state index in [9.17, 15) is 0 Å². The summed E-state index contributed by atoms with van der Waals surface area (Å²) in [6, 6.07) is 4.16. The van der Waals surface area contributed by atoms with Crippen LogP contribution in [-0.2, 0) is 0 Å². The zero-order valence-electron chi connectivity index (χ0n) is 5.55. The topological polar surface area (TPSA) is 12.0 Å². The van der Waals surface area contributed by atoms with E-state index in [4.69, 9.17) is 0 Å². The summed E-state index contributed by atoms with van der Waals surface area (Å²) in [5.74, 6) is 0. The molecular formula is C7H11NS. The first-order valence-electron chi connectivity index (χ1n) is 3.21. The lowest BCUT2D eigenvalue weighted by molar-refractivity contribution is 0.984. The third-order valence-corrected chi connectivity index (χ3v) is 1.90. The van der Waals surface area contributed by atoms with Gasteiger partial charge in [0, 0.05) is 6.54 Å². The summed E-state index contributed by atoms with van der Waals surface area (Å²) < 4.78 is 0. The third-order valence-electron chi connectivity index (χ3n) is 1.07. The van der Waals surface area contributed by atoms with Gasteiger partial charge in [-0.15, -0.1) is 11.3 Å². The van der Waals surface area contributed by atoms with Gasteiger partial charge in [0.25, 0.3) is 0 Å². The zero-order valence-corrected chi connectivity index (χ0v) is 6.37. The Balaban J connectivity index is 2.30. The molecule has 0 amide bonds. The average molecular weight is 141 g/mol. The molecule has 0 aliphatic carbocycles. The third kappa shape index (κ3) is 2.06.